The Labute approximate surface area is 204 Å². The Morgan fingerprint density at radius 3 is 2.00 bits per heavy atom. The number of carboxylic acids is 1. The van der Waals surface area contributed by atoms with Crippen LogP contribution < -0.4 is 10.6 Å². The fraction of sp³-hybridized carbons (Fsp3) is 0.400. The summed E-state index contributed by atoms with van der Waals surface area (Å²) < 4.78 is 28.3. The van der Waals surface area contributed by atoms with Gasteiger partial charge in [0, 0.05) is 12.2 Å². The summed E-state index contributed by atoms with van der Waals surface area (Å²) >= 11 is 0. The molecule has 0 radical (unpaired) electrons. The van der Waals surface area contributed by atoms with Gasteiger partial charge in [-0.05, 0) is 34.6 Å². The topological polar surface area (TPSA) is 139 Å². The first-order valence-electron chi connectivity index (χ1n) is 11.3. The molecule has 2 amide bonds. The highest BCUT2D eigenvalue weighted by atomic mass is 32.2. The molecule has 1 aliphatic rings. The molecule has 3 rings (SSSR count). The summed E-state index contributed by atoms with van der Waals surface area (Å²) in [6.45, 7) is 3.46. The molecule has 2 aromatic rings. The number of sulfone groups is 1. The number of hydrogen-bond acceptors (Lipinski definition) is 6. The van der Waals surface area contributed by atoms with Gasteiger partial charge < -0.3 is 20.5 Å². The number of carboxylic acid groups (broad SMARTS) is 1. The number of amides is 2. The lowest BCUT2D eigenvalue weighted by Crippen LogP contribution is -2.54. The van der Waals surface area contributed by atoms with Crippen LogP contribution >= 0.6 is 0 Å². The number of ether oxygens (including phenoxy) is 1. The largest absolute Gasteiger partial charge is 0.480 e. The van der Waals surface area contributed by atoms with Crippen LogP contribution in [0, 0.1) is 5.92 Å². The van der Waals surface area contributed by atoms with E-state index in [1.165, 1.54) is 0 Å². The number of benzene rings is 2. The molecule has 2 unspecified atom stereocenters. The van der Waals surface area contributed by atoms with Gasteiger partial charge in [0.1, 0.15) is 28.5 Å². The molecule has 0 saturated carbocycles. The van der Waals surface area contributed by atoms with E-state index < -0.39 is 45.6 Å². The van der Waals surface area contributed by atoms with E-state index in [-0.39, 0.29) is 24.9 Å². The van der Waals surface area contributed by atoms with Crippen molar-refractivity contribution < 1.29 is 32.6 Å². The summed E-state index contributed by atoms with van der Waals surface area (Å²) in [5.74, 6) is -3.00. The summed E-state index contributed by atoms with van der Waals surface area (Å²) in [6.07, 6.45) is -0.0947. The van der Waals surface area contributed by atoms with Gasteiger partial charge in [0.25, 0.3) is 0 Å². The van der Waals surface area contributed by atoms with Gasteiger partial charge in [0.2, 0.25) is 5.91 Å². The Bertz CT molecular complexity index is 1160. The van der Waals surface area contributed by atoms with E-state index in [0.717, 1.165) is 28.5 Å². The van der Waals surface area contributed by atoms with Crippen molar-refractivity contribution in [3.8, 4) is 11.1 Å². The second-order valence-electron chi connectivity index (χ2n) is 9.01. The number of carbonyl (C=O) groups excluding carboxylic acids is 2. The summed E-state index contributed by atoms with van der Waals surface area (Å²) in [6, 6.07) is 13.3. The van der Waals surface area contributed by atoms with Gasteiger partial charge in [-0.25, -0.2) is 18.0 Å². The Balaban J connectivity index is 1.64. The van der Waals surface area contributed by atoms with Gasteiger partial charge in [-0.1, -0.05) is 62.4 Å². The second-order valence-corrected chi connectivity index (χ2v) is 11.3. The molecule has 0 aromatic heterocycles. The highest BCUT2D eigenvalue weighted by Crippen LogP contribution is 2.44. The monoisotopic (exact) mass is 502 g/mol. The van der Waals surface area contributed by atoms with Crippen molar-refractivity contribution in [3.05, 3.63) is 59.7 Å². The summed E-state index contributed by atoms with van der Waals surface area (Å²) in [5, 5.41) is 14.2. The Kier molecular flexibility index (Phi) is 8.16. The van der Waals surface area contributed by atoms with Crippen molar-refractivity contribution in [2.45, 2.75) is 38.3 Å². The third-order valence-corrected chi connectivity index (χ3v) is 6.94. The van der Waals surface area contributed by atoms with E-state index in [1.807, 2.05) is 48.5 Å². The number of carbonyl (C=O) groups is 3. The minimum Gasteiger partial charge on any atom is -0.480 e. The van der Waals surface area contributed by atoms with E-state index in [1.54, 1.807) is 13.8 Å². The van der Waals surface area contributed by atoms with Crippen molar-refractivity contribution in [2.75, 3.05) is 18.6 Å². The lowest BCUT2D eigenvalue weighted by molar-refractivity contribution is -0.142. The summed E-state index contributed by atoms with van der Waals surface area (Å²) in [7, 11) is -3.41. The number of hydrogen-bond donors (Lipinski definition) is 3. The van der Waals surface area contributed by atoms with Crippen LogP contribution in [0.3, 0.4) is 0 Å². The molecular weight excluding hydrogens is 472 g/mol. The lowest BCUT2D eigenvalue weighted by Gasteiger charge is -2.24. The zero-order chi connectivity index (χ0) is 25.8. The highest BCUT2D eigenvalue weighted by Gasteiger charge is 2.32. The fourth-order valence-electron chi connectivity index (χ4n) is 4.15. The molecule has 3 N–H and O–H groups in total. The SMILES string of the molecule is CC(C)C(NC(=O)OCC1c2ccccc2-c2ccccc21)C(=O)NC(CCS(C)(=O)=O)C(=O)O. The number of fused-ring (bicyclic) bond motifs is 3. The zero-order valence-corrected chi connectivity index (χ0v) is 20.7. The predicted octanol–water partition coefficient (Wildman–Crippen LogP) is 2.55. The molecule has 2 atom stereocenters. The third kappa shape index (κ3) is 6.60. The number of aliphatic carboxylic acids is 1. The lowest BCUT2D eigenvalue weighted by atomic mass is 9.98. The van der Waals surface area contributed by atoms with Gasteiger partial charge >= 0.3 is 12.1 Å². The molecule has 9 nitrogen and oxygen atoms in total. The maximum absolute atomic E-state index is 12.8. The van der Waals surface area contributed by atoms with Crippen LogP contribution in [0.25, 0.3) is 11.1 Å². The molecule has 0 aliphatic heterocycles. The van der Waals surface area contributed by atoms with Gasteiger partial charge in [0.05, 0.1) is 5.75 Å². The van der Waals surface area contributed by atoms with Gasteiger partial charge in [-0.3, -0.25) is 4.79 Å². The van der Waals surface area contributed by atoms with E-state index in [4.69, 9.17) is 4.74 Å². The molecule has 10 heteroatoms. The molecule has 0 heterocycles. The Morgan fingerprint density at radius 1 is 0.971 bits per heavy atom. The van der Waals surface area contributed by atoms with Crippen LogP contribution in [0.1, 0.15) is 37.3 Å². The van der Waals surface area contributed by atoms with E-state index in [2.05, 4.69) is 10.6 Å². The molecule has 0 bridgehead atoms. The first-order chi connectivity index (χ1) is 16.5. The summed E-state index contributed by atoms with van der Waals surface area (Å²) in [4.78, 5) is 36.9. The van der Waals surface area contributed by atoms with Crippen molar-refractivity contribution in [3.63, 3.8) is 0 Å². The maximum atomic E-state index is 12.8. The van der Waals surface area contributed by atoms with Gasteiger partial charge in [0.15, 0.2) is 0 Å². The zero-order valence-electron chi connectivity index (χ0n) is 19.9. The van der Waals surface area contributed by atoms with Crippen LogP contribution in [-0.2, 0) is 24.2 Å². The molecule has 0 fully saturated rings. The third-order valence-electron chi connectivity index (χ3n) is 5.96. The van der Waals surface area contributed by atoms with E-state index >= 15 is 0 Å². The van der Waals surface area contributed by atoms with Crippen LogP contribution in [0.15, 0.2) is 48.5 Å². The minimum absolute atomic E-state index is 0.0679. The first kappa shape index (κ1) is 26.2. The average molecular weight is 503 g/mol. The highest BCUT2D eigenvalue weighted by molar-refractivity contribution is 7.90. The molecule has 0 spiro atoms. The second kappa shape index (κ2) is 10.9. The molecule has 2 aromatic carbocycles. The quantitative estimate of drug-likeness (QED) is 0.454. The molecule has 35 heavy (non-hydrogen) atoms. The Hall–Kier alpha value is -3.40. The summed E-state index contributed by atoms with van der Waals surface area (Å²) in [5.41, 5.74) is 4.28. The van der Waals surface area contributed by atoms with Crippen LogP contribution in [0.2, 0.25) is 0 Å². The van der Waals surface area contributed by atoms with Crippen molar-refractivity contribution >= 4 is 27.8 Å². The maximum Gasteiger partial charge on any atom is 0.407 e. The van der Waals surface area contributed by atoms with Gasteiger partial charge in [-0.15, -0.1) is 0 Å². The van der Waals surface area contributed by atoms with Crippen LogP contribution in [-0.4, -0.2) is 62.2 Å². The number of nitrogens with one attached hydrogen (secondary N) is 2. The van der Waals surface area contributed by atoms with Crippen LogP contribution in [0.5, 0.6) is 0 Å². The van der Waals surface area contributed by atoms with Crippen molar-refractivity contribution in [1.29, 1.82) is 0 Å². The van der Waals surface area contributed by atoms with Gasteiger partial charge in [-0.2, -0.15) is 0 Å². The Morgan fingerprint density at radius 2 is 1.51 bits per heavy atom. The van der Waals surface area contributed by atoms with E-state index in [0.29, 0.717) is 0 Å². The molecular formula is C25H30N2O7S. The first-order valence-corrected chi connectivity index (χ1v) is 13.4. The van der Waals surface area contributed by atoms with E-state index in [9.17, 15) is 27.9 Å². The minimum atomic E-state index is -3.41. The van der Waals surface area contributed by atoms with Crippen LogP contribution in [0.4, 0.5) is 4.79 Å². The normalized spacial score (nSPS) is 14.5. The number of alkyl carbamates (subject to hydrolysis) is 1. The van der Waals surface area contributed by atoms with Crippen molar-refractivity contribution in [1.82, 2.24) is 10.6 Å². The average Bonchev–Trinajstić information content (AvgIpc) is 3.11. The fourth-order valence-corrected chi connectivity index (χ4v) is 4.82. The molecule has 1 aliphatic carbocycles. The van der Waals surface area contributed by atoms with Crippen molar-refractivity contribution in [2.24, 2.45) is 5.92 Å². The smallest absolute Gasteiger partial charge is 0.407 e. The predicted molar refractivity (Wildman–Crippen MR) is 131 cm³/mol. The number of rotatable bonds is 10. The molecule has 188 valence electrons. The molecule has 0 saturated heterocycles. The standard InChI is InChI=1S/C25H30N2O7S/c1-15(2)22(23(28)26-21(24(29)30)12-13-35(3,32)33)27-25(31)34-14-20-18-10-6-4-8-16(18)17-9-5-7-11-19(17)20/h4-11,15,20-22H,12-14H2,1-3H3,(H,26,28)(H,27,31)(H,29,30).